The summed E-state index contributed by atoms with van der Waals surface area (Å²) in [5.74, 6) is -0.461. The summed E-state index contributed by atoms with van der Waals surface area (Å²) in [7, 11) is 0. The Bertz CT molecular complexity index is 276. The quantitative estimate of drug-likeness (QED) is 0.658. The van der Waals surface area contributed by atoms with Gasteiger partial charge in [-0.05, 0) is 0 Å². The number of Topliss-reactive ketones (excluding diaryl/α,β-unsaturated/α-hetero) is 1. The molecule has 2 saturated heterocycles. The lowest BCUT2D eigenvalue weighted by molar-refractivity contribution is -0.142. The van der Waals surface area contributed by atoms with Gasteiger partial charge in [0.05, 0.1) is 12.0 Å². The van der Waals surface area contributed by atoms with Crippen molar-refractivity contribution in [3.05, 3.63) is 0 Å². The lowest BCUT2D eigenvalue weighted by Gasteiger charge is -2.51. The van der Waals surface area contributed by atoms with Gasteiger partial charge in [-0.2, -0.15) is 0 Å². The number of hydrogen-bond donors (Lipinski definition) is 2. The van der Waals surface area contributed by atoms with Crippen molar-refractivity contribution in [1.29, 1.82) is 0 Å². The van der Waals surface area contributed by atoms with Crippen molar-refractivity contribution in [2.75, 3.05) is 26.2 Å². The zero-order chi connectivity index (χ0) is 10.9. The van der Waals surface area contributed by atoms with Crippen LogP contribution in [0.25, 0.3) is 0 Å². The van der Waals surface area contributed by atoms with Crippen molar-refractivity contribution in [2.24, 2.45) is 0 Å². The van der Waals surface area contributed by atoms with E-state index in [2.05, 4.69) is 10.2 Å². The molecule has 5 heteroatoms. The number of carbonyl (C=O) groups is 2. The van der Waals surface area contributed by atoms with E-state index in [9.17, 15) is 9.59 Å². The van der Waals surface area contributed by atoms with Crippen LogP contribution in [0, 0.1) is 0 Å². The molecule has 5 nitrogen and oxygen atoms in total. The second kappa shape index (κ2) is 3.90. The van der Waals surface area contributed by atoms with E-state index in [1.54, 1.807) is 0 Å². The van der Waals surface area contributed by atoms with E-state index in [1.165, 1.54) is 0 Å². The normalized spacial score (nSPS) is 26.0. The van der Waals surface area contributed by atoms with Crippen molar-refractivity contribution >= 4 is 11.8 Å². The van der Waals surface area contributed by atoms with Crippen LogP contribution in [0.2, 0.25) is 0 Å². The molecule has 2 fully saturated rings. The first kappa shape index (κ1) is 10.6. The number of carboxylic acids is 1. The lowest BCUT2D eigenvalue weighted by atomic mass is 9.85. The van der Waals surface area contributed by atoms with Crippen LogP contribution in [-0.4, -0.2) is 53.5 Å². The second-order valence-corrected chi connectivity index (χ2v) is 4.42. The standard InChI is InChI=1S/C10H16N2O3/c13-8-1-3-12(4-2-8)10(5-9(14)15)6-11-7-10/h11H,1-7H2,(H,14,15). The average molecular weight is 212 g/mol. The van der Waals surface area contributed by atoms with E-state index in [1.807, 2.05) is 0 Å². The van der Waals surface area contributed by atoms with E-state index in [0.717, 1.165) is 13.1 Å². The minimum Gasteiger partial charge on any atom is -0.481 e. The molecule has 2 aliphatic rings. The molecule has 0 radical (unpaired) electrons. The predicted octanol–water partition coefficient (Wildman–Crippen LogP) is -0.532. The van der Waals surface area contributed by atoms with Crippen LogP contribution in [0.1, 0.15) is 19.3 Å². The Balaban J connectivity index is 1.99. The van der Waals surface area contributed by atoms with Crippen LogP contribution in [0.15, 0.2) is 0 Å². The summed E-state index contributed by atoms with van der Waals surface area (Å²) in [6.45, 7) is 2.89. The van der Waals surface area contributed by atoms with Gasteiger partial charge in [0, 0.05) is 39.0 Å². The molecule has 2 N–H and O–H groups in total. The number of nitrogens with zero attached hydrogens (tertiary/aromatic N) is 1. The van der Waals surface area contributed by atoms with Gasteiger partial charge < -0.3 is 10.4 Å². The molecule has 2 rings (SSSR count). The van der Waals surface area contributed by atoms with Crippen molar-refractivity contribution in [3.8, 4) is 0 Å². The van der Waals surface area contributed by atoms with Crippen molar-refractivity contribution in [1.82, 2.24) is 10.2 Å². The molecule has 0 bridgehead atoms. The summed E-state index contributed by atoms with van der Waals surface area (Å²) >= 11 is 0. The SMILES string of the molecule is O=C(O)CC1(N2CCC(=O)CC2)CNC1. The summed E-state index contributed by atoms with van der Waals surface area (Å²) in [6.07, 6.45) is 1.32. The number of aliphatic carboxylic acids is 1. The highest BCUT2D eigenvalue weighted by Gasteiger charge is 2.44. The third-order valence-corrected chi connectivity index (χ3v) is 3.38. The maximum Gasteiger partial charge on any atom is 0.305 e. The molecular formula is C10H16N2O3. The van der Waals surface area contributed by atoms with Gasteiger partial charge in [-0.3, -0.25) is 14.5 Å². The van der Waals surface area contributed by atoms with E-state index < -0.39 is 5.97 Å². The first-order chi connectivity index (χ1) is 7.12. The largest absolute Gasteiger partial charge is 0.481 e. The highest BCUT2D eigenvalue weighted by Crippen LogP contribution is 2.27. The Kier molecular flexibility index (Phi) is 2.75. The van der Waals surface area contributed by atoms with Crippen LogP contribution in [0.5, 0.6) is 0 Å². The molecule has 0 unspecified atom stereocenters. The maximum atomic E-state index is 11.1. The minimum atomic E-state index is -0.756. The number of hydrogen-bond acceptors (Lipinski definition) is 4. The number of carbonyl (C=O) groups excluding carboxylic acids is 1. The maximum absolute atomic E-state index is 11.1. The zero-order valence-electron chi connectivity index (χ0n) is 8.66. The molecule has 0 amide bonds. The molecule has 0 aliphatic carbocycles. The van der Waals surface area contributed by atoms with Gasteiger partial charge >= 0.3 is 5.97 Å². The van der Waals surface area contributed by atoms with Crippen molar-refractivity contribution < 1.29 is 14.7 Å². The molecule has 84 valence electrons. The van der Waals surface area contributed by atoms with Gasteiger partial charge in [-0.25, -0.2) is 0 Å². The first-order valence-corrected chi connectivity index (χ1v) is 5.32. The molecule has 0 aromatic rings. The number of rotatable bonds is 3. The topological polar surface area (TPSA) is 69.6 Å². The Morgan fingerprint density at radius 3 is 2.40 bits per heavy atom. The van der Waals surface area contributed by atoms with Gasteiger partial charge in [-0.15, -0.1) is 0 Å². The highest BCUT2D eigenvalue weighted by atomic mass is 16.4. The molecule has 0 spiro atoms. The molecule has 0 aromatic heterocycles. The lowest BCUT2D eigenvalue weighted by Crippen LogP contribution is -2.70. The third kappa shape index (κ3) is 2.03. The predicted molar refractivity (Wildman–Crippen MR) is 53.7 cm³/mol. The first-order valence-electron chi connectivity index (χ1n) is 5.32. The van der Waals surface area contributed by atoms with Crippen LogP contribution < -0.4 is 5.32 Å². The fraction of sp³-hybridized carbons (Fsp3) is 0.800. The van der Waals surface area contributed by atoms with Crippen LogP contribution in [0.3, 0.4) is 0 Å². The molecule has 2 aliphatic heterocycles. The number of carboxylic acid groups (broad SMARTS) is 1. The van der Waals surface area contributed by atoms with Crippen LogP contribution in [0.4, 0.5) is 0 Å². The molecule has 0 atom stereocenters. The Morgan fingerprint density at radius 1 is 1.40 bits per heavy atom. The van der Waals surface area contributed by atoms with E-state index in [-0.39, 0.29) is 12.0 Å². The van der Waals surface area contributed by atoms with Gasteiger partial charge in [0.1, 0.15) is 5.78 Å². The Hall–Kier alpha value is -0.940. The fourth-order valence-corrected chi connectivity index (χ4v) is 2.39. The number of nitrogens with one attached hydrogen (secondary N) is 1. The van der Waals surface area contributed by atoms with Gasteiger partial charge in [-0.1, -0.05) is 0 Å². The van der Waals surface area contributed by atoms with Gasteiger partial charge in [0.2, 0.25) is 0 Å². The van der Waals surface area contributed by atoms with Gasteiger partial charge in [0.15, 0.2) is 0 Å². The summed E-state index contributed by atoms with van der Waals surface area (Å²) in [6, 6.07) is 0. The van der Waals surface area contributed by atoms with Gasteiger partial charge in [0.25, 0.3) is 0 Å². The van der Waals surface area contributed by atoms with E-state index in [0.29, 0.717) is 31.7 Å². The molecule has 2 heterocycles. The third-order valence-electron chi connectivity index (χ3n) is 3.38. The Labute approximate surface area is 88.4 Å². The van der Waals surface area contributed by atoms with Crippen LogP contribution in [-0.2, 0) is 9.59 Å². The van der Waals surface area contributed by atoms with Crippen molar-refractivity contribution in [2.45, 2.75) is 24.8 Å². The summed E-state index contributed by atoms with van der Waals surface area (Å²) in [4.78, 5) is 24.1. The smallest absolute Gasteiger partial charge is 0.305 e. The summed E-state index contributed by atoms with van der Waals surface area (Å²) in [5.41, 5.74) is -0.230. The zero-order valence-corrected chi connectivity index (χ0v) is 8.66. The highest BCUT2D eigenvalue weighted by molar-refractivity contribution is 5.79. The number of likely N-dealkylation sites (tertiary alicyclic amines) is 1. The fourth-order valence-electron chi connectivity index (χ4n) is 2.39. The molecule has 0 aromatic carbocycles. The monoisotopic (exact) mass is 212 g/mol. The minimum absolute atomic E-state index is 0.175. The Morgan fingerprint density at radius 2 is 2.00 bits per heavy atom. The van der Waals surface area contributed by atoms with E-state index in [4.69, 9.17) is 5.11 Å². The summed E-state index contributed by atoms with van der Waals surface area (Å²) in [5, 5.41) is 12.0. The number of piperidine rings is 1. The molecule has 15 heavy (non-hydrogen) atoms. The average Bonchev–Trinajstić information content (AvgIpc) is 2.13. The number of ketones is 1. The second-order valence-electron chi connectivity index (χ2n) is 4.42. The van der Waals surface area contributed by atoms with E-state index >= 15 is 0 Å². The van der Waals surface area contributed by atoms with Crippen LogP contribution >= 0.6 is 0 Å². The molecule has 0 saturated carbocycles. The summed E-state index contributed by atoms with van der Waals surface area (Å²) < 4.78 is 0. The molecular weight excluding hydrogens is 196 g/mol. The van der Waals surface area contributed by atoms with Crippen molar-refractivity contribution in [3.63, 3.8) is 0 Å².